The average Bonchev–Trinajstić information content (AvgIpc) is 3.39. The van der Waals surface area contributed by atoms with Crippen molar-refractivity contribution in [3.63, 3.8) is 0 Å². The van der Waals surface area contributed by atoms with Gasteiger partial charge in [-0.2, -0.15) is 9.40 Å². The Morgan fingerprint density at radius 2 is 1.81 bits per heavy atom. The van der Waals surface area contributed by atoms with Crippen molar-refractivity contribution in [3.05, 3.63) is 96.7 Å². The molecule has 0 spiro atoms. The van der Waals surface area contributed by atoms with E-state index in [9.17, 15) is 13.2 Å². The number of carbonyl (C=O) groups is 1. The summed E-state index contributed by atoms with van der Waals surface area (Å²) in [6.07, 6.45) is 6.39. The minimum atomic E-state index is -3.89. The highest BCUT2D eigenvalue weighted by molar-refractivity contribution is 7.89. The molecule has 4 aromatic rings. The fourth-order valence-corrected chi connectivity index (χ4v) is 5.13. The molecule has 0 atom stereocenters. The largest absolute Gasteiger partial charge is 0.440 e. The lowest BCUT2D eigenvalue weighted by atomic mass is 10.2. The topological polar surface area (TPSA) is 119 Å². The third kappa shape index (κ3) is 6.78. The van der Waals surface area contributed by atoms with E-state index in [1.165, 1.54) is 29.7 Å². The van der Waals surface area contributed by atoms with Gasteiger partial charge in [0.1, 0.15) is 10.7 Å². The summed E-state index contributed by atoms with van der Waals surface area (Å²) < 4.78 is 35.6. The number of pyridine rings is 2. The van der Waals surface area contributed by atoms with Crippen LogP contribution in [0.2, 0.25) is 0 Å². The van der Waals surface area contributed by atoms with Crippen molar-refractivity contribution in [2.24, 2.45) is 0 Å². The highest BCUT2D eigenvalue weighted by atomic mass is 32.2. The molecule has 0 aliphatic rings. The molecular formula is C26H28N6O4S. The van der Waals surface area contributed by atoms with Crippen molar-refractivity contribution < 1.29 is 17.9 Å². The minimum absolute atomic E-state index is 0.0155. The Morgan fingerprint density at radius 1 is 1.03 bits per heavy atom. The van der Waals surface area contributed by atoms with Crippen molar-refractivity contribution in [2.75, 3.05) is 5.32 Å². The second-order valence-corrected chi connectivity index (χ2v) is 10.8. The molecule has 0 fully saturated rings. The number of ether oxygens (including phenoxy) is 1. The summed E-state index contributed by atoms with van der Waals surface area (Å²) in [6.45, 7) is 4.87. The van der Waals surface area contributed by atoms with Gasteiger partial charge >= 0.3 is 5.97 Å². The van der Waals surface area contributed by atoms with Gasteiger partial charge in [0, 0.05) is 38.3 Å². The number of aromatic nitrogens is 4. The molecule has 3 heterocycles. The Labute approximate surface area is 216 Å². The Kier molecular flexibility index (Phi) is 7.65. The number of hydrogen-bond donors (Lipinski definition) is 1. The second kappa shape index (κ2) is 10.9. The molecule has 1 aromatic carbocycles. The molecule has 11 heteroatoms. The van der Waals surface area contributed by atoms with Gasteiger partial charge in [-0.25, -0.2) is 18.1 Å². The summed E-state index contributed by atoms with van der Waals surface area (Å²) in [5.74, 6) is 0.0204. The van der Waals surface area contributed by atoms with Gasteiger partial charge in [0.2, 0.25) is 10.0 Å². The third-order valence-electron chi connectivity index (χ3n) is 5.31. The van der Waals surface area contributed by atoms with Crippen molar-refractivity contribution >= 4 is 21.8 Å². The van der Waals surface area contributed by atoms with Gasteiger partial charge < -0.3 is 10.1 Å². The van der Waals surface area contributed by atoms with Gasteiger partial charge in [0.05, 0.1) is 17.9 Å². The number of carbonyl (C=O) groups excluding carboxylic acids is 1. The molecule has 0 saturated carbocycles. The van der Waals surface area contributed by atoms with E-state index < -0.39 is 21.7 Å². The Balaban J connectivity index is 1.61. The summed E-state index contributed by atoms with van der Waals surface area (Å²) >= 11 is 0. The van der Waals surface area contributed by atoms with Crippen LogP contribution in [0.3, 0.4) is 0 Å². The van der Waals surface area contributed by atoms with E-state index in [2.05, 4.69) is 20.4 Å². The van der Waals surface area contributed by atoms with Crippen LogP contribution in [0.1, 0.15) is 32.0 Å². The zero-order valence-corrected chi connectivity index (χ0v) is 21.6. The molecule has 1 N–H and O–H groups in total. The third-order valence-corrected chi connectivity index (χ3v) is 7.08. The monoisotopic (exact) mass is 520 g/mol. The smallest absolute Gasteiger partial charge is 0.304 e. The summed E-state index contributed by atoms with van der Waals surface area (Å²) in [6, 6.07) is 17.7. The molecule has 0 bridgehead atoms. The number of esters is 1. The average molecular weight is 521 g/mol. The fourth-order valence-electron chi connectivity index (χ4n) is 3.77. The highest BCUT2D eigenvalue weighted by Gasteiger charge is 2.26. The van der Waals surface area contributed by atoms with E-state index in [4.69, 9.17) is 4.74 Å². The van der Waals surface area contributed by atoms with Crippen LogP contribution < -0.4 is 5.32 Å². The molecule has 192 valence electrons. The lowest BCUT2D eigenvalue weighted by Gasteiger charge is -2.27. The number of nitrogens with zero attached hydrogens (tertiary/aromatic N) is 5. The van der Waals surface area contributed by atoms with E-state index in [0.717, 1.165) is 11.3 Å². The molecule has 0 saturated heterocycles. The summed E-state index contributed by atoms with van der Waals surface area (Å²) in [5.41, 5.74) is 1.19. The van der Waals surface area contributed by atoms with Crippen molar-refractivity contribution in [3.8, 4) is 5.69 Å². The quantitative estimate of drug-likeness (QED) is 0.248. The Bertz CT molecular complexity index is 1440. The highest BCUT2D eigenvalue weighted by Crippen LogP contribution is 2.22. The molecule has 3 aromatic heterocycles. The molecule has 0 unspecified atom stereocenters. The Hall–Kier alpha value is -4.09. The van der Waals surface area contributed by atoms with Gasteiger partial charge in [-0.15, -0.1) is 0 Å². The standard InChI is InChI=1S/C26H28N6O4S/c1-20(33)36-26(2,3)30-25-9-4-7-22(29-25)19-31(37(34,35)24-8-5-14-27-17-24)18-21-10-12-23(13-11-21)32-16-6-15-28-32/h4-17H,18-19H2,1-3H3,(H,29,30). The van der Waals surface area contributed by atoms with Crippen LogP contribution in [0.5, 0.6) is 0 Å². The van der Waals surface area contributed by atoms with E-state index >= 15 is 0 Å². The van der Waals surface area contributed by atoms with Crippen LogP contribution in [0.15, 0.2) is 90.3 Å². The number of anilines is 1. The van der Waals surface area contributed by atoms with Gasteiger partial charge in [-0.1, -0.05) is 18.2 Å². The maximum Gasteiger partial charge on any atom is 0.304 e. The van der Waals surface area contributed by atoms with Crippen LogP contribution in [0.25, 0.3) is 5.69 Å². The van der Waals surface area contributed by atoms with Gasteiger partial charge in [0.25, 0.3) is 0 Å². The predicted molar refractivity (Wildman–Crippen MR) is 138 cm³/mol. The van der Waals surface area contributed by atoms with E-state index in [0.29, 0.717) is 11.5 Å². The second-order valence-electron chi connectivity index (χ2n) is 8.82. The van der Waals surface area contributed by atoms with E-state index in [1.807, 2.05) is 36.5 Å². The number of benzene rings is 1. The van der Waals surface area contributed by atoms with Crippen molar-refractivity contribution in [1.82, 2.24) is 24.1 Å². The van der Waals surface area contributed by atoms with E-state index in [-0.39, 0.29) is 18.0 Å². The van der Waals surface area contributed by atoms with Gasteiger partial charge in [-0.3, -0.25) is 9.78 Å². The zero-order chi connectivity index (χ0) is 26.5. The SMILES string of the molecule is CC(=O)OC(C)(C)Nc1cccc(CN(Cc2ccc(-n3cccn3)cc2)S(=O)(=O)c2cccnc2)n1. The first kappa shape index (κ1) is 26.0. The number of nitrogens with one attached hydrogen (secondary N) is 1. The van der Waals surface area contributed by atoms with Crippen LogP contribution in [0.4, 0.5) is 5.82 Å². The molecule has 0 radical (unpaired) electrons. The van der Waals surface area contributed by atoms with Crippen LogP contribution in [0, 0.1) is 0 Å². The minimum Gasteiger partial charge on any atom is -0.440 e. The maximum atomic E-state index is 13.6. The maximum absolute atomic E-state index is 13.6. The molecular weight excluding hydrogens is 492 g/mol. The van der Waals surface area contributed by atoms with Crippen molar-refractivity contribution in [2.45, 2.75) is 44.5 Å². The predicted octanol–water partition coefficient (Wildman–Crippen LogP) is 3.76. The lowest BCUT2D eigenvalue weighted by Crippen LogP contribution is -2.36. The summed E-state index contributed by atoms with van der Waals surface area (Å²) in [4.78, 5) is 20.0. The molecule has 37 heavy (non-hydrogen) atoms. The normalized spacial score (nSPS) is 11.9. The molecule has 4 rings (SSSR count). The Morgan fingerprint density at radius 3 is 2.46 bits per heavy atom. The first-order chi connectivity index (χ1) is 17.6. The number of hydrogen-bond acceptors (Lipinski definition) is 8. The number of rotatable bonds is 10. The molecule has 0 aliphatic carbocycles. The van der Waals surface area contributed by atoms with E-state index in [1.54, 1.807) is 49.0 Å². The molecule has 0 amide bonds. The van der Waals surface area contributed by atoms with Crippen LogP contribution in [-0.2, 0) is 32.6 Å². The van der Waals surface area contributed by atoms with Gasteiger partial charge in [0.15, 0.2) is 5.72 Å². The summed E-state index contributed by atoms with van der Waals surface area (Å²) in [5, 5.41) is 7.29. The number of sulfonamides is 1. The van der Waals surface area contributed by atoms with Crippen LogP contribution >= 0.6 is 0 Å². The summed E-state index contributed by atoms with van der Waals surface area (Å²) in [7, 11) is -3.89. The van der Waals surface area contributed by atoms with Crippen molar-refractivity contribution in [1.29, 1.82) is 0 Å². The first-order valence-corrected chi connectivity index (χ1v) is 13.0. The fraction of sp³-hybridized carbons (Fsp3) is 0.231. The lowest BCUT2D eigenvalue weighted by molar-refractivity contribution is -0.151. The zero-order valence-electron chi connectivity index (χ0n) is 20.8. The first-order valence-electron chi connectivity index (χ1n) is 11.6. The van der Waals surface area contributed by atoms with Crippen LogP contribution in [-0.4, -0.2) is 44.2 Å². The van der Waals surface area contributed by atoms with Gasteiger partial charge in [-0.05, 0) is 61.9 Å². The molecule has 0 aliphatic heterocycles. The molecule has 10 nitrogen and oxygen atoms in total.